The normalized spacial score (nSPS) is 12.7. The Kier molecular flexibility index (Phi) is 8.40. The molecule has 1 N–H and O–H groups in total. The molecule has 0 fully saturated rings. The van der Waals surface area contributed by atoms with Gasteiger partial charge >= 0.3 is 12.1 Å². The zero-order valence-corrected chi connectivity index (χ0v) is 19.9. The van der Waals surface area contributed by atoms with Crippen LogP contribution in [0.15, 0.2) is 29.2 Å². The highest BCUT2D eigenvalue weighted by atomic mass is 32.2. The van der Waals surface area contributed by atoms with Gasteiger partial charge in [0.1, 0.15) is 10.8 Å². The van der Waals surface area contributed by atoms with Crippen molar-refractivity contribution >= 4 is 46.1 Å². The highest BCUT2D eigenvalue weighted by Crippen LogP contribution is 2.38. The van der Waals surface area contributed by atoms with Crippen molar-refractivity contribution in [1.82, 2.24) is 4.90 Å². The van der Waals surface area contributed by atoms with E-state index in [0.717, 1.165) is 21.1 Å². The molecule has 0 atom stereocenters. The van der Waals surface area contributed by atoms with Crippen LogP contribution in [-0.4, -0.2) is 55.5 Å². The van der Waals surface area contributed by atoms with Crippen molar-refractivity contribution in [3.63, 3.8) is 0 Å². The summed E-state index contributed by atoms with van der Waals surface area (Å²) in [5.41, 5.74) is 1.21. The number of benzene rings is 1. The average Bonchev–Trinajstić information content (AvgIpc) is 3.15. The van der Waals surface area contributed by atoms with E-state index in [9.17, 15) is 14.4 Å². The highest BCUT2D eigenvalue weighted by Gasteiger charge is 2.31. The van der Waals surface area contributed by atoms with E-state index in [1.807, 2.05) is 24.3 Å². The summed E-state index contributed by atoms with van der Waals surface area (Å²) in [6, 6.07) is 7.44. The van der Waals surface area contributed by atoms with Crippen LogP contribution in [0.1, 0.15) is 34.6 Å². The molecule has 0 aliphatic carbocycles. The number of anilines is 1. The van der Waals surface area contributed by atoms with Crippen LogP contribution >= 0.6 is 23.1 Å². The molecule has 1 aliphatic heterocycles. The Morgan fingerprint density at radius 3 is 2.50 bits per heavy atom. The van der Waals surface area contributed by atoms with Crippen molar-refractivity contribution in [2.24, 2.45) is 0 Å². The molecule has 0 bridgehead atoms. The molecule has 2 aromatic rings. The van der Waals surface area contributed by atoms with Gasteiger partial charge in [-0.15, -0.1) is 23.1 Å². The molecule has 2 amide bonds. The smallest absolute Gasteiger partial charge is 0.410 e. The number of fused-ring (bicyclic) bond motifs is 1. The molecule has 8 nitrogen and oxygen atoms in total. The summed E-state index contributed by atoms with van der Waals surface area (Å²) in [5.74, 6) is 0.246. The fourth-order valence-corrected chi connectivity index (χ4v) is 5.23. The number of amides is 2. The number of thiophene rings is 1. The van der Waals surface area contributed by atoms with Gasteiger partial charge in [-0.3, -0.25) is 4.79 Å². The maximum absolute atomic E-state index is 12.6. The van der Waals surface area contributed by atoms with Gasteiger partial charge in [-0.2, -0.15) is 0 Å². The van der Waals surface area contributed by atoms with Gasteiger partial charge in [0.15, 0.2) is 0 Å². The number of nitrogens with zero attached hydrogens (tertiary/aromatic N) is 1. The molecule has 0 unspecified atom stereocenters. The van der Waals surface area contributed by atoms with Crippen molar-refractivity contribution < 1.29 is 28.6 Å². The predicted molar refractivity (Wildman–Crippen MR) is 124 cm³/mol. The first-order valence-corrected chi connectivity index (χ1v) is 12.1. The topological polar surface area (TPSA) is 94.2 Å². The number of hydrogen-bond donors (Lipinski definition) is 1. The number of methoxy groups -OCH3 is 1. The number of nitrogens with one attached hydrogen (secondary N) is 1. The quantitative estimate of drug-likeness (QED) is 0.449. The summed E-state index contributed by atoms with van der Waals surface area (Å²) in [6.45, 7) is 4.81. The molecule has 172 valence electrons. The lowest BCUT2D eigenvalue weighted by atomic mass is 10.0. The molecule has 32 heavy (non-hydrogen) atoms. The zero-order chi connectivity index (χ0) is 23.1. The lowest BCUT2D eigenvalue weighted by molar-refractivity contribution is -0.113. The Balaban J connectivity index is 1.73. The van der Waals surface area contributed by atoms with Crippen LogP contribution in [0.5, 0.6) is 5.75 Å². The fourth-order valence-electron chi connectivity index (χ4n) is 3.26. The molecular weight excluding hydrogens is 452 g/mol. The maximum Gasteiger partial charge on any atom is 0.410 e. The SMILES string of the molecule is CCOC(=O)c1c(NC(=O)CSc2ccc(OC)cc2)sc2c1CCN(C(=O)OCC)C2. The predicted octanol–water partition coefficient (Wildman–Crippen LogP) is 4.18. The van der Waals surface area contributed by atoms with Gasteiger partial charge in [-0.05, 0) is 50.1 Å². The molecule has 2 heterocycles. The van der Waals surface area contributed by atoms with Gasteiger partial charge in [0.05, 0.1) is 38.2 Å². The first-order chi connectivity index (χ1) is 15.5. The van der Waals surface area contributed by atoms with E-state index >= 15 is 0 Å². The number of carbonyl (C=O) groups is 3. The summed E-state index contributed by atoms with van der Waals surface area (Å²) in [7, 11) is 1.60. The second-order valence-corrected chi connectivity index (χ2v) is 8.97. The third kappa shape index (κ3) is 5.74. The minimum atomic E-state index is -0.465. The molecule has 10 heteroatoms. The Hall–Kier alpha value is -2.72. The van der Waals surface area contributed by atoms with E-state index in [0.29, 0.717) is 36.7 Å². The second kappa shape index (κ2) is 11.2. The molecule has 0 saturated carbocycles. The lowest BCUT2D eigenvalue weighted by Gasteiger charge is -2.26. The second-order valence-electron chi connectivity index (χ2n) is 6.81. The molecule has 1 aromatic heterocycles. The minimum absolute atomic E-state index is 0.187. The Labute approximate surface area is 195 Å². The maximum atomic E-state index is 12.6. The van der Waals surface area contributed by atoms with Gasteiger partial charge in [-0.1, -0.05) is 0 Å². The summed E-state index contributed by atoms with van der Waals surface area (Å²) in [5, 5.41) is 3.33. The van der Waals surface area contributed by atoms with Crippen LogP contribution in [0.3, 0.4) is 0 Å². The van der Waals surface area contributed by atoms with Gasteiger partial charge in [-0.25, -0.2) is 9.59 Å². The summed E-state index contributed by atoms with van der Waals surface area (Å²) < 4.78 is 15.5. The third-order valence-electron chi connectivity index (χ3n) is 4.74. The van der Waals surface area contributed by atoms with Crippen molar-refractivity contribution in [1.29, 1.82) is 0 Å². The molecule has 0 radical (unpaired) electrons. The summed E-state index contributed by atoms with van der Waals surface area (Å²) >= 11 is 2.69. The fraction of sp³-hybridized carbons (Fsp3) is 0.409. The van der Waals surface area contributed by atoms with Crippen molar-refractivity contribution in [3.8, 4) is 5.75 Å². The van der Waals surface area contributed by atoms with Crippen molar-refractivity contribution in [2.45, 2.75) is 31.7 Å². The van der Waals surface area contributed by atoms with Gasteiger partial charge in [0, 0.05) is 16.3 Å². The van der Waals surface area contributed by atoms with Crippen LogP contribution in [-0.2, 0) is 27.2 Å². The molecule has 3 rings (SSSR count). The first kappa shape index (κ1) is 23.9. The van der Waals surface area contributed by atoms with E-state index < -0.39 is 5.97 Å². The summed E-state index contributed by atoms with van der Waals surface area (Å²) in [4.78, 5) is 40.8. The van der Waals surface area contributed by atoms with Crippen molar-refractivity contribution in [2.75, 3.05) is 37.9 Å². The molecule has 1 aliphatic rings. The monoisotopic (exact) mass is 478 g/mol. The number of thioether (sulfide) groups is 1. The van der Waals surface area contributed by atoms with Crippen LogP contribution in [0.2, 0.25) is 0 Å². The number of carbonyl (C=O) groups excluding carboxylic acids is 3. The van der Waals surface area contributed by atoms with E-state index in [-0.39, 0.29) is 24.4 Å². The van der Waals surface area contributed by atoms with E-state index in [1.54, 1.807) is 25.9 Å². The van der Waals surface area contributed by atoms with E-state index in [2.05, 4.69) is 5.32 Å². The highest BCUT2D eigenvalue weighted by molar-refractivity contribution is 8.00. The third-order valence-corrected chi connectivity index (χ3v) is 6.89. The van der Waals surface area contributed by atoms with Crippen LogP contribution in [0.4, 0.5) is 9.80 Å². The van der Waals surface area contributed by atoms with Crippen molar-refractivity contribution in [3.05, 3.63) is 40.3 Å². The first-order valence-electron chi connectivity index (χ1n) is 10.3. The Morgan fingerprint density at radius 1 is 1.12 bits per heavy atom. The van der Waals surface area contributed by atoms with E-state index in [4.69, 9.17) is 14.2 Å². The largest absolute Gasteiger partial charge is 0.497 e. The molecule has 0 spiro atoms. The Bertz CT molecular complexity index is 974. The standard InChI is InChI=1S/C22H26N2O6S2/c1-4-29-21(26)19-16-10-11-24(22(27)30-5-2)12-17(16)32-20(19)23-18(25)13-31-15-8-6-14(28-3)7-9-15/h6-9H,4-5,10-13H2,1-3H3,(H,23,25). The summed E-state index contributed by atoms with van der Waals surface area (Å²) in [6.07, 6.45) is 0.112. The lowest BCUT2D eigenvalue weighted by Crippen LogP contribution is -2.36. The van der Waals surface area contributed by atoms with Gasteiger partial charge in [0.25, 0.3) is 0 Å². The Morgan fingerprint density at radius 2 is 1.84 bits per heavy atom. The average molecular weight is 479 g/mol. The molecule has 1 aromatic carbocycles. The van der Waals surface area contributed by atoms with Gasteiger partial charge < -0.3 is 24.4 Å². The number of rotatable bonds is 8. The molecule has 0 saturated heterocycles. The van der Waals surface area contributed by atoms with Crippen LogP contribution < -0.4 is 10.1 Å². The molecular formula is C22H26N2O6S2. The van der Waals surface area contributed by atoms with Crippen LogP contribution in [0.25, 0.3) is 0 Å². The number of esters is 1. The number of hydrogen-bond acceptors (Lipinski definition) is 8. The van der Waals surface area contributed by atoms with Gasteiger partial charge in [0.2, 0.25) is 5.91 Å². The zero-order valence-electron chi connectivity index (χ0n) is 18.3. The minimum Gasteiger partial charge on any atom is -0.497 e. The number of ether oxygens (including phenoxy) is 3. The van der Waals surface area contributed by atoms with Crippen LogP contribution in [0, 0.1) is 0 Å². The van der Waals surface area contributed by atoms with E-state index in [1.165, 1.54) is 23.1 Å².